The molecule has 1 aliphatic heterocycles. The zero-order valence-corrected chi connectivity index (χ0v) is 15.3. The van der Waals surface area contributed by atoms with E-state index in [-0.39, 0.29) is 10.8 Å². The van der Waals surface area contributed by atoms with E-state index in [2.05, 4.69) is 25.7 Å². The van der Waals surface area contributed by atoms with Crippen LogP contribution >= 0.6 is 0 Å². The van der Waals surface area contributed by atoms with E-state index in [9.17, 15) is 4.79 Å². The van der Waals surface area contributed by atoms with Gasteiger partial charge in [-0.25, -0.2) is 9.97 Å². The molecule has 0 radical (unpaired) electrons. The van der Waals surface area contributed by atoms with Crippen molar-refractivity contribution in [2.24, 2.45) is 5.41 Å². The minimum Gasteiger partial charge on any atom is -0.342 e. The number of rotatable bonds is 1. The average Bonchev–Trinajstić information content (AvgIpc) is 3.24. The molecule has 2 atom stereocenters. The summed E-state index contributed by atoms with van der Waals surface area (Å²) < 4.78 is 0. The molecule has 2 fully saturated rings. The number of carbonyl (C=O) groups is 1. The van der Waals surface area contributed by atoms with Crippen LogP contribution in [0.15, 0.2) is 24.3 Å². The number of fused-ring (bicyclic) bond motifs is 6. The third-order valence-corrected chi connectivity index (χ3v) is 7.70. The van der Waals surface area contributed by atoms with Gasteiger partial charge in [0, 0.05) is 18.5 Å². The molecule has 1 aromatic carbocycles. The van der Waals surface area contributed by atoms with Crippen LogP contribution in [0.1, 0.15) is 57.8 Å². The fourth-order valence-electron chi connectivity index (χ4n) is 5.71. The Bertz CT molecular complexity index is 899. The minimum atomic E-state index is -0.515. The van der Waals surface area contributed by atoms with Crippen LogP contribution in [0.3, 0.4) is 0 Å². The van der Waals surface area contributed by atoms with Gasteiger partial charge in [-0.2, -0.15) is 0 Å². The van der Waals surface area contributed by atoms with Gasteiger partial charge in [0.2, 0.25) is 5.91 Å². The molecule has 25 heavy (non-hydrogen) atoms. The fourth-order valence-corrected chi connectivity index (χ4v) is 5.71. The molecule has 0 unspecified atom stereocenters. The summed E-state index contributed by atoms with van der Waals surface area (Å²) in [4.78, 5) is 25.9. The predicted octanol–water partition coefficient (Wildman–Crippen LogP) is 3.58. The summed E-state index contributed by atoms with van der Waals surface area (Å²) in [6.07, 6.45) is 4.15. The lowest BCUT2D eigenvalue weighted by atomic mass is 9.63. The van der Waals surface area contributed by atoms with Gasteiger partial charge in [0.1, 0.15) is 0 Å². The second-order valence-corrected chi connectivity index (χ2v) is 8.77. The van der Waals surface area contributed by atoms with Crippen LogP contribution < -0.4 is 0 Å². The van der Waals surface area contributed by atoms with Gasteiger partial charge in [-0.1, -0.05) is 32.9 Å². The quantitative estimate of drug-likeness (QED) is 0.800. The number of para-hydroxylation sites is 2. The molecule has 4 heteroatoms. The Morgan fingerprint density at radius 2 is 1.56 bits per heavy atom. The molecule has 1 saturated heterocycles. The third-order valence-electron chi connectivity index (χ3n) is 7.70. The van der Waals surface area contributed by atoms with E-state index in [1.165, 1.54) is 0 Å². The summed E-state index contributed by atoms with van der Waals surface area (Å²) in [5.41, 5.74) is 3.10. The van der Waals surface area contributed by atoms with Gasteiger partial charge in [-0.05, 0) is 43.2 Å². The highest BCUT2D eigenvalue weighted by molar-refractivity contribution is 5.93. The fraction of sp³-hybridized carbons (Fsp3) is 0.571. The van der Waals surface area contributed by atoms with Crippen molar-refractivity contribution in [2.45, 2.75) is 57.3 Å². The normalized spacial score (nSPS) is 32.4. The summed E-state index contributed by atoms with van der Waals surface area (Å²) in [5.74, 6) is 0.294. The van der Waals surface area contributed by atoms with Crippen molar-refractivity contribution < 1.29 is 4.79 Å². The van der Waals surface area contributed by atoms with Crippen molar-refractivity contribution >= 4 is 16.9 Å². The number of aromatic nitrogens is 2. The lowest BCUT2D eigenvalue weighted by Crippen LogP contribution is -2.52. The van der Waals surface area contributed by atoms with Gasteiger partial charge in [-0.3, -0.25) is 4.79 Å². The Hall–Kier alpha value is -1.97. The summed E-state index contributed by atoms with van der Waals surface area (Å²) in [7, 11) is 0. The molecule has 2 heterocycles. The second-order valence-electron chi connectivity index (χ2n) is 8.77. The molecule has 2 bridgehead atoms. The molecule has 2 aliphatic carbocycles. The van der Waals surface area contributed by atoms with Crippen molar-refractivity contribution in [1.29, 1.82) is 0 Å². The number of amides is 1. The van der Waals surface area contributed by atoms with Gasteiger partial charge in [0.25, 0.3) is 0 Å². The number of benzene rings is 1. The summed E-state index contributed by atoms with van der Waals surface area (Å²) in [5, 5.41) is 0. The first-order valence-electron chi connectivity index (χ1n) is 9.49. The minimum absolute atomic E-state index is 0.0885. The Labute approximate surface area is 148 Å². The first-order chi connectivity index (χ1) is 11.9. The van der Waals surface area contributed by atoms with Crippen molar-refractivity contribution in [1.82, 2.24) is 14.9 Å². The lowest BCUT2D eigenvalue weighted by Gasteiger charge is -2.41. The smallest absolute Gasteiger partial charge is 0.235 e. The molecule has 0 spiro atoms. The van der Waals surface area contributed by atoms with Crippen molar-refractivity contribution in [3.8, 4) is 0 Å². The second kappa shape index (κ2) is 4.60. The molecule has 5 rings (SSSR count). The van der Waals surface area contributed by atoms with Crippen LogP contribution in [-0.2, 0) is 15.6 Å². The van der Waals surface area contributed by atoms with E-state index in [0.29, 0.717) is 5.91 Å². The number of hydrogen-bond donors (Lipinski definition) is 0. The van der Waals surface area contributed by atoms with Crippen molar-refractivity contribution in [2.75, 3.05) is 13.1 Å². The number of nitrogens with zero attached hydrogens (tertiary/aromatic N) is 3. The number of likely N-dealkylation sites (tertiary alicyclic amines) is 1. The highest BCUT2D eigenvalue weighted by Gasteiger charge is 2.73. The highest BCUT2D eigenvalue weighted by Crippen LogP contribution is 2.70. The van der Waals surface area contributed by atoms with Gasteiger partial charge < -0.3 is 4.90 Å². The maximum atomic E-state index is 13.7. The van der Waals surface area contributed by atoms with Gasteiger partial charge in [-0.15, -0.1) is 0 Å². The predicted molar refractivity (Wildman–Crippen MR) is 97.4 cm³/mol. The molecule has 130 valence electrons. The largest absolute Gasteiger partial charge is 0.342 e. The number of hydrogen-bond acceptors (Lipinski definition) is 3. The van der Waals surface area contributed by atoms with Gasteiger partial charge in [0.05, 0.1) is 27.8 Å². The number of carbonyl (C=O) groups excluding carboxylic acids is 1. The molecular weight excluding hydrogens is 310 g/mol. The van der Waals surface area contributed by atoms with Gasteiger partial charge >= 0.3 is 0 Å². The maximum absolute atomic E-state index is 13.7. The summed E-state index contributed by atoms with van der Waals surface area (Å²) >= 11 is 0. The van der Waals surface area contributed by atoms with Gasteiger partial charge in [0.15, 0.2) is 0 Å². The first kappa shape index (κ1) is 15.3. The van der Waals surface area contributed by atoms with E-state index >= 15 is 0 Å². The molecule has 2 aromatic rings. The van der Waals surface area contributed by atoms with E-state index in [1.54, 1.807) is 0 Å². The Balaban J connectivity index is 1.79. The Morgan fingerprint density at radius 3 is 2.20 bits per heavy atom. The topological polar surface area (TPSA) is 46.1 Å². The van der Waals surface area contributed by atoms with E-state index in [0.717, 1.165) is 61.2 Å². The molecule has 3 aliphatic rings. The maximum Gasteiger partial charge on any atom is 0.235 e. The van der Waals surface area contributed by atoms with Crippen molar-refractivity contribution in [3.05, 3.63) is 35.7 Å². The van der Waals surface area contributed by atoms with E-state index < -0.39 is 5.41 Å². The Kier molecular flexibility index (Phi) is 2.81. The van der Waals surface area contributed by atoms with E-state index in [1.807, 2.05) is 24.3 Å². The van der Waals surface area contributed by atoms with Crippen LogP contribution in [0.5, 0.6) is 0 Å². The van der Waals surface area contributed by atoms with Crippen LogP contribution in [-0.4, -0.2) is 33.9 Å². The first-order valence-corrected chi connectivity index (χ1v) is 9.49. The third kappa shape index (κ3) is 1.57. The van der Waals surface area contributed by atoms with Crippen LogP contribution in [0, 0.1) is 5.41 Å². The van der Waals surface area contributed by atoms with Crippen LogP contribution in [0.25, 0.3) is 11.0 Å². The molecule has 1 amide bonds. The van der Waals surface area contributed by atoms with E-state index in [4.69, 9.17) is 9.97 Å². The monoisotopic (exact) mass is 335 g/mol. The molecule has 1 saturated carbocycles. The zero-order valence-electron chi connectivity index (χ0n) is 15.3. The molecule has 1 aromatic heterocycles. The molecule has 0 N–H and O–H groups in total. The van der Waals surface area contributed by atoms with Crippen LogP contribution in [0.2, 0.25) is 0 Å². The molecular formula is C21H25N3O. The summed E-state index contributed by atoms with van der Waals surface area (Å²) in [6, 6.07) is 8.05. The SMILES string of the molecule is CC1(C)[C@]2(C)CC[C@@]1(C(=O)N1CCCC1)c1nc3ccccc3nc12. The Morgan fingerprint density at radius 1 is 0.960 bits per heavy atom. The lowest BCUT2D eigenvalue weighted by molar-refractivity contribution is -0.140. The highest BCUT2D eigenvalue weighted by atomic mass is 16.2. The standard InChI is InChI=1S/C21H25N3O/c1-19(2)20(3)10-11-21(19,18(25)24-12-6-7-13-24)17-16(20)22-14-8-4-5-9-15(14)23-17/h4-5,8-9H,6-7,10-13H2,1-3H3/t20-,21+/m1/s1. The van der Waals surface area contributed by atoms with Crippen LogP contribution in [0.4, 0.5) is 0 Å². The summed E-state index contributed by atoms with van der Waals surface area (Å²) in [6.45, 7) is 8.61. The zero-order chi connectivity index (χ0) is 17.4. The average molecular weight is 335 g/mol. The molecule has 4 nitrogen and oxygen atoms in total. The van der Waals surface area contributed by atoms with Crippen molar-refractivity contribution in [3.63, 3.8) is 0 Å².